The SMILES string of the molecule is C=CCOc1cccc(C2C(=C(O)c3ccc(OCCC)cc3)C(=O)C(=O)N2Cc2ccncc2)c1. The fourth-order valence-electron chi connectivity index (χ4n) is 4.09. The van der Waals surface area contributed by atoms with Crippen molar-refractivity contribution < 1.29 is 24.2 Å². The van der Waals surface area contributed by atoms with Crippen LogP contribution in [-0.4, -0.2) is 39.9 Å². The van der Waals surface area contributed by atoms with E-state index in [0.29, 0.717) is 35.8 Å². The zero-order chi connectivity index (χ0) is 25.5. The van der Waals surface area contributed by atoms with Crippen LogP contribution in [0.4, 0.5) is 0 Å². The largest absolute Gasteiger partial charge is 0.507 e. The molecule has 2 heterocycles. The summed E-state index contributed by atoms with van der Waals surface area (Å²) in [6, 6.07) is 16.8. The molecule has 1 unspecified atom stereocenters. The number of aliphatic hydroxyl groups excluding tert-OH is 1. The van der Waals surface area contributed by atoms with E-state index < -0.39 is 17.7 Å². The summed E-state index contributed by atoms with van der Waals surface area (Å²) >= 11 is 0. The van der Waals surface area contributed by atoms with Gasteiger partial charge in [0.25, 0.3) is 11.7 Å². The van der Waals surface area contributed by atoms with E-state index in [0.717, 1.165) is 12.0 Å². The number of rotatable bonds is 10. The van der Waals surface area contributed by atoms with Crippen LogP contribution in [-0.2, 0) is 16.1 Å². The van der Waals surface area contributed by atoms with Gasteiger partial charge in [0.15, 0.2) is 0 Å². The van der Waals surface area contributed by atoms with E-state index in [-0.39, 0.29) is 17.9 Å². The smallest absolute Gasteiger partial charge is 0.295 e. The molecule has 0 spiro atoms. The minimum Gasteiger partial charge on any atom is -0.507 e. The molecule has 1 atom stereocenters. The van der Waals surface area contributed by atoms with Crippen molar-refractivity contribution in [2.75, 3.05) is 13.2 Å². The highest BCUT2D eigenvalue weighted by Crippen LogP contribution is 2.41. The second-order valence-electron chi connectivity index (χ2n) is 8.33. The number of carbonyl (C=O) groups is 2. The van der Waals surface area contributed by atoms with Gasteiger partial charge in [0, 0.05) is 24.5 Å². The Morgan fingerprint density at radius 3 is 2.50 bits per heavy atom. The molecule has 0 radical (unpaired) electrons. The molecule has 0 bridgehead atoms. The van der Waals surface area contributed by atoms with Gasteiger partial charge in [0.05, 0.1) is 18.2 Å². The van der Waals surface area contributed by atoms with E-state index in [1.807, 2.05) is 13.0 Å². The Kier molecular flexibility index (Phi) is 7.80. The first-order chi connectivity index (χ1) is 17.5. The number of Topliss-reactive ketones (excluding diaryl/α,β-unsaturated/α-hetero) is 1. The van der Waals surface area contributed by atoms with Gasteiger partial charge < -0.3 is 19.5 Å². The van der Waals surface area contributed by atoms with Crippen LogP contribution < -0.4 is 9.47 Å². The number of carbonyl (C=O) groups excluding carboxylic acids is 2. The normalized spacial score (nSPS) is 16.7. The number of ketones is 1. The predicted molar refractivity (Wildman–Crippen MR) is 136 cm³/mol. The number of pyridine rings is 1. The summed E-state index contributed by atoms with van der Waals surface area (Å²) in [6.07, 6.45) is 5.77. The maximum atomic E-state index is 13.3. The van der Waals surface area contributed by atoms with Crippen LogP contribution in [0.2, 0.25) is 0 Å². The topological polar surface area (TPSA) is 89.0 Å². The Labute approximate surface area is 210 Å². The number of hydrogen-bond donors (Lipinski definition) is 1. The molecule has 1 saturated heterocycles. The minimum absolute atomic E-state index is 0.0251. The summed E-state index contributed by atoms with van der Waals surface area (Å²) in [7, 11) is 0. The summed E-state index contributed by atoms with van der Waals surface area (Å²) in [5, 5.41) is 11.3. The van der Waals surface area contributed by atoms with Gasteiger partial charge in [0.2, 0.25) is 0 Å². The van der Waals surface area contributed by atoms with Crippen molar-refractivity contribution in [3.05, 3.63) is 108 Å². The van der Waals surface area contributed by atoms with Gasteiger partial charge in [-0.2, -0.15) is 0 Å². The second kappa shape index (κ2) is 11.4. The van der Waals surface area contributed by atoms with Gasteiger partial charge >= 0.3 is 0 Å². The van der Waals surface area contributed by atoms with Crippen LogP contribution in [0.25, 0.3) is 5.76 Å². The van der Waals surface area contributed by atoms with Crippen LogP contribution >= 0.6 is 0 Å². The van der Waals surface area contributed by atoms with Crippen LogP contribution in [0, 0.1) is 0 Å². The zero-order valence-corrected chi connectivity index (χ0v) is 20.1. The number of aliphatic hydroxyl groups is 1. The first-order valence-electron chi connectivity index (χ1n) is 11.8. The number of amides is 1. The Bertz CT molecular complexity index is 1270. The third-order valence-corrected chi connectivity index (χ3v) is 5.78. The highest BCUT2D eigenvalue weighted by atomic mass is 16.5. The van der Waals surface area contributed by atoms with E-state index >= 15 is 0 Å². The first kappa shape index (κ1) is 24.7. The van der Waals surface area contributed by atoms with E-state index in [9.17, 15) is 14.7 Å². The lowest BCUT2D eigenvalue weighted by molar-refractivity contribution is -0.140. The molecular weight excluding hydrogens is 456 g/mol. The summed E-state index contributed by atoms with van der Waals surface area (Å²) < 4.78 is 11.3. The molecule has 1 aromatic heterocycles. The zero-order valence-electron chi connectivity index (χ0n) is 20.1. The molecule has 1 aliphatic heterocycles. The summed E-state index contributed by atoms with van der Waals surface area (Å²) in [6.45, 7) is 6.75. The van der Waals surface area contributed by atoms with Crippen LogP contribution in [0.5, 0.6) is 11.5 Å². The summed E-state index contributed by atoms with van der Waals surface area (Å²) in [4.78, 5) is 32.0. The number of nitrogens with zero attached hydrogens (tertiary/aromatic N) is 2. The molecule has 7 nitrogen and oxygen atoms in total. The third-order valence-electron chi connectivity index (χ3n) is 5.78. The highest BCUT2D eigenvalue weighted by molar-refractivity contribution is 6.46. The van der Waals surface area contributed by atoms with Gasteiger partial charge in [-0.25, -0.2) is 0 Å². The fraction of sp³-hybridized carbons (Fsp3) is 0.207. The van der Waals surface area contributed by atoms with Gasteiger partial charge in [-0.3, -0.25) is 14.6 Å². The van der Waals surface area contributed by atoms with E-state index in [4.69, 9.17) is 9.47 Å². The lowest BCUT2D eigenvalue weighted by Crippen LogP contribution is -2.29. The molecule has 184 valence electrons. The number of benzene rings is 2. The van der Waals surface area contributed by atoms with E-state index in [1.54, 1.807) is 73.1 Å². The molecule has 3 aromatic rings. The average molecular weight is 485 g/mol. The fourth-order valence-corrected chi connectivity index (χ4v) is 4.09. The minimum atomic E-state index is -0.804. The van der Waals surface area contributed by atoms with Gasteiger partial charge in [-0.05, 0) is 66.1 Å². The van der Waals surface area contributed by atoms with Crippen molar-refractivity contribution in [1.82, 2.24) is 9.88 Å². The molecule has 0 saturated carbocycles. The van der Waals surface area contributed by atoms with Gasteiger partial charge in [-0.15, -0.1) is 0 Å². The van der Waals surface area contributed by atoms with E-state index in [1.165, 1.54) is 4.90 Å². The molecule has 36 heavy (non-hydrogen) atoms. The lowest BCUT2D eigenvalue weighted by atomic mass is 9.95. The van der Waals surface area contributed by atoms with Crippen molar-refractivity contribution in [3.8, 4) is 11.5 Å². The summed E-state index contributed by atoms with van der Waals surface area (Å²) in [5.74, 6) is -0.432. The van der Waals surface area contributed by atoms with Crippen molar-refractivity contribution in [3.63, 3.8) is 0 Å². The summed E-state index contributed by atoms with van der Waals surface area (Å²) in [5.41, 5.74) is 1.91. The van der Waals surface area contributed by atoms with Crippen LogP contribution in [0.15, 0.2) is 91.3 Å². The molecule has 1 amide bonds. The molecular formula is C29H28N2O5. The number of likely N-dealkylation sites (tertiary alicyclic amines) is 1. The number of hydrogen-bond acceptors (Lipinski definition) is 6. The monoisotopic (exact) mass is 484 g/mol. The van der Waals surface area contributed by atoms with E-state index in [2.05, 4.69) is 11.6 Å². The third kappa shape index (κ3) is 5.30. The second-order valence-corrected chi connectivity index (χ2v) is 8.33. The van der Waals surface area contributed by atoms with Crippen molar-refractivity contribution >= 4 is 17.4 Å². The van der Waals surface area contributed by atoms with Crippen molar-refractivity contribution in [2.45, 2.75) is 25.9 Å². The molecule has 4 rings (SSSR count). The van der Waals surface area contributed by atoms with Crippen LogP contribution in [0.1, 0.15) is 36.1 Å². The number of aromatic nitrogens is 1. The maximum absolute atomic E-state index is 13.3. The predicted octanol–water partition coefficient (Wildman–Crippen LogP) is 5.06. The maximum Gasteiger partial charge on any atom is 0.295 e. The molecule has 1 N–H and O–H groups in total. The average Bonchev–Trinajstić information content (AvgIpc) is 3.16. The van der Waals surface area contributed by atoms with Gasteiger partial charge in [-0.1, -0.05) is 31.7 Å². The Morgan fingerprint density at radius 2 is 1.81 bits per heavy atom. The van der Waals surface area contributed by atoms with Crippen LogP contribution in [0.3, 0.4) is 0 Å². The highest BCUT2D eigenvalue weighted by Gasteiger charge is 2.46. The molecule has 7 heteroatoms. The molecule has 0 aliphatic carbocycles. The van der Waals surface area contributed by atoms with Gasteiger partial charge in [0.1, 0.15) is 23.9 Å². The molecule has 1 aliphatic rings. The Morgan fingerprint density at radius 1 is 1.06 bits per heavy atom. The first-order valence-corrected chi connectivity index (χ1v) is 11.8. The Balaban J connectivity index is 1.79. The Hall–Kier alpha value is -4.39. The van der Waals surface area contributed by atoms with Crippen molar-refractivity contribution in [2.24, 2.45) is 0 Å². The standard InChI is InChI=1S/C29H28N2O5/c1-3-16-35-23-10-8-21(9-11-23)27(32)25-26(22-6-5-7-24(18-22)36-17-4-2)31(29(34)28(25)33)19-20-12-14-30-15-13-20/h4-15,18,26,32H,2-3,16-17,19H2,1H3. The molecule has 1 fully saturated rings. The quantitative estimate of drug-likeness (QED) is 0.187. The lowest BCUT2D eigenvalue weighted by Gasteiger charge is -2.25. The van der Waals surface area contributed by atoms with Crippen molar-refractivity contribution in [1.29, 1.82) is 0 Å². The number of ether oxygens (including phenoxy) is 2. The molecule has 2 aromatic carbocycles.